The van der Waals surface area contributed by atoms with Gasteiger partial charge in [0.15, 0.2) is 0 Å². The second-order valence-corrected chi connectivity index (χ2v) is 4.62. The van der Waals surface area contributed by atoms with Gasteiger partial charge in [-0.05, 0) is 44.7 Å². The minimum atomic E-state index is 0.252. The van der Waals surface area contributed by atoms with Crippen LogP contribution in [0.4, 0.5) is 0 Å². The molecule has 0 aliphatic rings. The molecule has 0 radical (unpaired) electrons. The number of Topliss-reactive ketones (excluding diaryl/α,β-unsaturated/α-hetero) is 1. The normalized spacial score (nSPS) is 12.2. The molecule has 0 heterocycles. The van der Waals surface area contributed by atoms with Gasteiger partial charge in [-0.25, -0.2) is 0 Å². The number of hydrogen-bond acceptors (Lipinski definition) is 2. The lowest BCUT2D eigenvalue weighted by molar-refractivity contribution is -0.117. The van der Waals surface area contributed by atoms with E-state index >= 15 is 0 Å². The lowest BCUT2D eigenvalue weighted by Gasteiger charge is -2.16. The maximum Gasteiger partial charge on any atom is 0.129 e. The SMILES string of the molecule is CCOc1ccc(C)cc1C(C)CCC(C)=O. The lowest BCUT2D eigenvalue weighted by atomic mass is 9.93. The second-order valence-electron chi connectivity index (χ2n) is 4.62. The van der Waals surface area contributed by atoms with Crippen molar-refractivity contribution < 1.29 is 9.53 Å². The van der Waals surface area contributed by atoms with Gasteiger partial charge in [-0.15, -0.1) is 0 Å². The molecule has 0 aromatic heterocycles. The van der Waals surface area contributed by atoms with Gasteiger partial charge in [-0.1, -0.05) is 24.6 Å². The Bertz CT molecular complexity index is 383. The van der Waals surface area contributed by atoms with Crippen molar-refractivity contribution in [3.8, 4) is 5.75 Å². The van der Waals surface area contributed by atoms with Crippen LogP contribution in [0.2, 0.25) is 0 Å². The average Bonchev–Trinajstić information content (AvgIpc) is 2.28. The number of carbonyl (C=O) groups excluding carboxylic acids is 1. The Kier molecular flexibility index (Phi) is 5.20. The van der Waals surface area contributed by atoms with Crippen LogP contribution in [0.3, 0.4) is 0 Å². The summed E-state index contributed by atoms with van der Waals surface area (Å²) in [6.45, 7) is 8.54. The Labute approximate surface area is 104 Å². The molecule has 0 N–H and O–H groups in total. The number of benzene rings is 1. The quantitative estimate of drug-likeness (QED) is 0.747. The van der Waals surface area contributed by atoms with Crippen LogP contribution in [-0.4, -0.2) is 12.4 Å². The first-order valence-corrected chi connectivity index (χ1v) is 6.27. The van der Waals surface area contributed by atoms with Gasteiger partial charge in [0.05, 0.1) is 6.61 Å². The van der Waals surface area contributed by atoms with Crippen molar-refractivity contribution in [2.45, 2.75) is 46.5 Å². The van der Waals surface area contributed by atoms with Crippen molar-refractivity contribution in [2.24, 2.45) is 0 Å². The Balaban J connectivity index is 2.85. The van der Waals surface area contributed by atoms with Gasteiger partial charge in [-0.2, -0.15) is 0 Å². The molecule has 0 aliphatic carbocycles. The summed E-state index contributed by atoms with van der Waals surface area (Å²) in [7, 11) is 0. The number of ether oxygens (including phenoxy) is 1. The molecular weight excluding hydrogens is 212 g/mol. The summed E-state index contributed by atoms with van der Waals surface area (Å²) < 4.78 is 5.64. The van der Waals surface area contributed by atoms with Crippen LogP contribution in [-0.2, 0) is 4.79 Å². The molecule has 0 fully saturated rings. The summed E-state index contributed by atoms with van der Waals surface area (Å²) in [6.07, 6.45) is 1.53. The smallest absolute Gasteiger partial charge is 0.129 e. The minimum Gasteiger partial charge on any atom is -0.494 e. The summed E-state index contributed by atoms with van der Waals surface area (Å²) in [4.78, 5) is 11.0. The van der Waals surface area contributed by atoms with Gasteiger partial charge >= 0.3 is 0 Å². The minimum absolute atomic E-state index is 0.252. The van der Waals surface area contributed by atoms with Crippen LogP contribution in [0, 0.1) is 6.92 Å². The highest BCUT2D eigenvalue weighted by Gasteiger charge is 2.12. The molecule has 1 aromatic carbocycles. The summed E-state index contributed by atoms with van der Waals surface area (Å²) >= 11 is 0. The van der Waals surface area contributed by atoms with Gasteiger partial charge in [0, 0.05) is 6.42 Å². The van der Waals surface area contributed by atoms with E-state index in [4.69, 9.17) is 4.74 Å². The van der Waals surface area contributed by atoms with E-state index in [9.17, 15) is 4.79 Å². The molecule has 17 heavy (non-hydrogen) atoms. The van der Waals surface area contributed by atoms with Crippen molar-refractivity contribution in [2.75, 3.05) is 6.61 Å². The molecule has 0 aliphatic heterocycles. The van der Waals surface area contributed by atoms with E-state index in [1.54, 1.807) is 6.92 Å². The Hall–Kier alpha value is -1.31. The van der Waals surface area contributed by atoms with E-state index in [0.717, 1.165) is 12.2 Å². The third kappa shape index (κ3) is 4.22. The fourth-order valence-corrected chi connectivity index (χ4v) is 1.92. The van der Waals surface area contributed by atoms with Gasteiger partial charge in [0.1, 0.15) is 11.5 Å². The molecule has 0 amide bonds. The summed E-state index contributed by atoms with van der Waals surface area (Å²) in [5.74, 6) is 1.57. The zero-order valence-electron chi connectivity index (χ0n) is 11.2. The monoisotopic (exact) mass is 234 g/mol. The van der Waals surface area contributed by atoms with Gasteiger partial charge < -0.3 is 9.53 Å². The first kappa shape index (κ1) is 13.8. The molecule has 0 spiro atoms. The molecular formula is C15H22O2. The van der Waals surface area contributed by atoms with Crippen molar-refractivity contribution in [1.29, 1.82) is 0 Å². The third-order valence-corrected chi connectivity index (χ3v) is 2.93. The van der Waals surface area contributed by atoms with E-state index in [-0.39, 0.29) is 5.78 Å². The van der Waals surface area contributed by atoms with Crippen molar-refractivity contribution in [1.82, 2.24) is 0 Å². The zero-order chi connectivity index (χ0) is 12.8. The zero-order valence-corrected chi connectivity index (χ0v) is 11.2. The third-order valence-electron chi connectivity index (χ3n) is 2.93. The van der Waals surface area contributed by atoms with Crippen LogP contribution in [0.1, 0.15) is 50.7 Å². The van der Waals surface area contributed by atoms with E-state index in [0.29, 0.717) is 18.9 Å². The Morgan fingerprint density at radius 2 is 2.12 bits per heavy atom. The predicted octanol–water partition coefficient (Wildman–Crippen LogP) is 3.87. The van der Waals surface area contributed by atoms with Gasteiger partial charge in [-0.3, -0.25) is 0 Å². The number of rotatable bonds is 6. The number of ketones is 1. The molecule has 0 bridgehead atoms. The summed E-state index contributed by atoms with van der Waals surface area (Å²) in [6, 6.07) is 6.25. The first-order valence-electron chi connectivity index (χ1n) is 6.27. The molecule has 94 valence electrons. The van der Waals surface area contributed by atoms with Crippen molar-refractivity contribution in [3.05, 3.63) is 29.3 Å². The second kappa shape index (κ2) is 6.43. The van der Waals surface area contributed by atoms with E-state index in [2.05, 4.69) is 26.0 Å². The fourth-order valence-electron chi connectivity index (χ4n) is 1.92. The maximum atomic E-state index is 11.0. The molecule has 2 heteroatoms. The highest BCUT2D eigenvalue weighted by atomic mass is 16.5. The Morgan fingerprint density at radius 1 is 1.41 bits per heavy atom. The average molecular weight is 234 g/mol. The van der Waals surface area contributed by atoms with E-state index < -0.39 is 0 Å². The molecule has 0 saturated heterocycles. The number of carbonyl (C=O) groups is 1. The van der Waals surface area contributed by atoms with Crippen LogP contribution in [0.25, 0.3) is 0 Å². The van der Waals surface area contributed by atoms with E-state index in [1.165, 1.54) is 11.1 Å². The topological polar surface area (TPSA) is 26.3 Å². The highest BCUT2D eigenvalue weighted by Crippen LogP contribution is 2.30. The molecule has 0 saturated carbocycles. The van der Waals surface area contributed by atoms with Gasteiger partial charge in [0.25, 0.3) is 0 Å². The van der Waals surface area contributed by atoms with Crippen molar-refractivity contribution in [3.63, 3.8) is 0 Å². The lowest BCUT2D eigenvalue weighted by Crippen LogP contribution is -2.03. The Morgan fingerprint density at radius 3 is 2.71 bits per heavy atom. The summed E-state index contributed by atoms with van der Waals surface area (Å²) in [5, 5.41) is 0. The largest absolute Gasteiger partial charge is 0.494 e. The predicted molar refractivity (Wildman–Crippen MR) is 70.7 cm³/mol. The van der Waals surface area contributed by atoms with Crippen LogP contribution >= 0.6 is 0 Å². The molecule has 1 aromatic rings. The number of aryl methyl sites for hydroxylation is 1. The number of hydrogen-bond donors (Lipinski definition) is 0. The summed E-state index contributed by atoms with van der Waals surface area (Å²) in [5.41, 5.74) is 2.45. The molecule has 2 nitrogen and oxygen atoms in total. The molecule has 1 unspecified atom stereocenters. The van der Waals surface area contributed by atoms with Crippen LogP contribution in [0.5, 0.6) is 5.75 Å². The van der Waals surface area contributed by atoms with Crippen LogP contribution in [0.15, 0.2) is 18.2 Å². The highest BCUT2D eigenvalue weighted by molar-refractivity contribution is 5.75. The fraction of sp³-hybridized carbons (Fsp3) is 0.533. The molecule has 1 rings (SSSR count). The van der Waals surface area contributed by atoms with Crippen molar-refractivity contribution >= 4 is 5.78 Å². The standard InChI is InChI=1S/C15H22O2/c1-5-17-15-9-6-11(2)10-14(15)12(3)7-8-13(4)16/h6,9-10,12H,5,7-8H2,1-4H3. The molecule has 1 atom stereocenters. The maximum absolute atomic E-state index is 11.0. The van der Waals surface area contributed by atoms with Gasteiger partial charge in [0.2, 0.25) is 0 Å². The first-order chi connectivity index (χ1) is 8.04. The van der Waals surface area contributed by atoms with Crippen LogP contribution < -0.4 is 4.74 Å². The van der Waals surface area contributed by atoms with E-state index in [1.807, 2.05) is 13.0 Å².